The normalized spacial score (nSPS) is 11.7. The van der Waals surface area contributed by atoms with Gasteiger partial charge in [-0.3, -0.25) is 0 Å². The van der Waals surface area contributed by atoms with Crippen molar-refractivity contribution in [3.63, 3.8) is 0 Å². The van der Waals surface area contributed by atoms with E-state index >= 15 is 0 Å². The zero-order valence-electron chi connectivity index (χ0n) is 27.1. The second-order valence-corrected chi connectivity index (χ2v) is 16.0. The fourth-order valence-corrected chi connectivity index (χ4v) is 10.7. The molecule has 1 unspecified atom stereocenters. The van der Waals surface area contributed by atoms with Gasteiger partial charge in [-0.1, -0.05) is 109 Å². The van der Waals surface area contributed by atoms with Crippen molar-refractivity contribution >= 4 is 23.3 Å². The van der Waals surface area contributed by atoms with Crippen LogP contribution in [0.15, 0.2) is 191 Å². The molecule has 0 heterocycles. The summed E-state index contributed by atoms with van der Waals surface area (Å²) in [6, 6.07) is 55.0. The number of nitrogens with one attached hydrogen (secondary N) is 1. The minimum Gasteiger partial charge on any atom is -0.428 e. The third-order valence-electron chi connectivity index (χ3n) is 6.73. The molecule has 0 bridgehead atoms. The zero-order valence-corrected chi connectivity index (χ0v) is 29.8. The SMILES string of the molecule is CC(N=[P+](Oc1ccccc1)Oc1ccccc1)P(=NP(=N)(Oc1ccccc1)Oc1ccccc1)(Oc1ccccc1)Oc1ccccc1. The molecule has 0 radical (unpaired) electrons. The number of hydrogen-bond donors (Lipinski definition) is 1. The quantitative estimate of drug-likeness (QED) is 0.106. The van der Waals surface area contributed by atoms with Crippen LogP contribution in [-0.2, 0) is 0 Å². The van der Waals surface area contributed by atoms with Crippen molar-refractivity contribution < 1.29 is 27.1 Å². The van der Waals surface area contributed by atoms with Crippen molar-refractivity contribution in [2.75, 3.05) is 0 Å². The van der Waals surface area contributed by atoms with Gasteiger partial charge in [-0.25, -0.2) is 14.2 Å². The van der Waals surface area contributed by atoms with Crippen LogP contribution in [0.4, 0.5) is 0 Å². The fourth-order valence-electron chi connectivity index (χ4n) is 4.43. The molecule has 50 heavy (non-hydrogen) atoms. The van der Waals surface area contributed by atoms with E-state index < -0.39 is 29.1 Å². The van der Waals surface area contributed by atoms with Crippen LogP contribution < -0.4 is 27.1 Å². The van der Waals surface area contributed by atoms with Crippen molar-refractivity contribution in [2.24, 2.45) is 9.26 Å². The van der Waals surface area contributed by atoms with E-state index in [4.69, 9.17) is 36.4 Å². The highest BCUT2D eigenvalue weighted by Gasteiger charge is 2.43. The lowest BCUT2D eigenvalue weighted by atomic mass is 10.3. The number of para-hydroxylation sites is 6. The monoisotopic (exact) mass is 722 g/mol. The summed E-state index contributed by atoms with van der Waals surface area (Å²) in [5.41, 5.74) is 0. The number of rotatable bonds is 15. The molecule has 1 N–H and O–H groups in total. The third kappa shape index (κ3) is 9.87. The molecule has 0 saturated heterocycles. The first-order valence-corrected chi connectivity index (χ1v) is 20.1. The van der Waals surface area contributed by atoms with Crippen LogP contribution >= 0.6 is 23.3 Å². The maximum absolute atomic E-state index is 9.79. The second-order valence-electron chi connectivity index (χ2n) is 10.6. The largest absolute Gasteiger partial charge is 0.668 e. The van der Waals surface area contributed by atoms with Gasteiger partial charge in [0, 0.05) is 0 Å². The molecule has 0 spiro atoms. The molecule has 0 aliphatic carbocycles. The van der Waals surface area contributed by atoms with E-state index in [1.165, 1.54) is 0 Å². The summed E-state index contributed by atoms with van der Waals surface area (Å²) >= 11 is 0. The van der Waals surface area contributed by atoms with E-state index in [0.29, 0.717) is 34.5 Å². The van der Waals surface area contributed by atoms with E-state index in [1.54, 1.807) is 48.5 Å². The zero-order chi connectivity index (χ0) is 34.5. The third-order valence-corrected chi connectivity index (χ3v) is 13.0. The maximum Gasteiger partial charge on any atom is 0.668 e. The molecule has 0 fully saturated rings. The first kappa shape index (κ1) is 34.5. The number of nitrogens with zero attached hydrogens (tertiary/aromatic N) is 2. The molecule has 9 nitrogen and oxygen atoms in total. The first-order chi connectivity index (χ1) is 24.5. The molecule has 0 aliphatic rings. The molecule has 6 rings (SSSR count). The van der Waals surface area contributed by atoms with Gasteiger partial charge < -0.3 is 18.1 Å². The average Bonchev–Trinajstić information content (AvgIpc) is 3.14. The Labute approximate surface area is 293 Å². The van der Waals surface area contributed by atoms with Gasteiger partial charge in [-0.05, 0) is 84.5 Å². The Balaban J connectivity index is 1.55. The van der Waals surface area contributed by atoms with Gasteiger partial charge >= 0.3 is 23.3 Å². The summed E-state index contributed by atoms with van der Waals surface area (Å²) in [5, 5.41) is 9.79. The van der Waals surface area contributed by atoms with Crippen LogP contribution in [0.3, 0.4) is 0 Å². The molecule has 12 heteroatoms. The molecule has 0 saturated carbocycles. The van der Waals surface area contributed by atoms with E-state index in [1.807, 2.05) is 140 Å². The van der Waals surface area contributed by atoms with E-state index in [0.717, 1.165) is 0 Å². The Kier molecular flexibility index (Phi) is 11.7. The summed E-state index contributed by atoms with van der Waals surface area (Å²) < 4.78 is 49.2. The van der Waals surface area contributed by atoms with Crippen molar-refractivity contribution in [3.8, 4) is 34.5 Å². The molecule has 0 aromatic heterocycles. The Hall–Kier alpha value is -5.32. The van der Waals surface area contributed by atoms with Crippen LogP contribution in [0.2, 0.25) is 0 Å². The molecular weight excluding hydrogens is 687 g/mol. The molecular formula is C38H35N3O6P3+. The predicted octanol–water partition coefficient (Wildman–Crippen LogP) is 12.9. The lowest BCUT2D eigenvalue weighted by Gasteiger charge is -2.29. The Bertz CT molecular complexity index is 1930. The van der Waals surface area contributed by atoms with Crippen molar-refractivity contribution in [1.82, 2.24) is 0 Å². The van der Waals surface area contributed by atoms with Crippen molar-refractivity contribution in [1.29, 1.82) is 5.16 Å². The smallest absolute Gasteiger partial charge is 0.428 e. The highest BCUT2D eigenvalue weighted by atomic mass is 31.2. The fraction of sp³-hybridized carbons (Fsp3) is 0.0526. The van der Waals surface area contributed by atoms with E-state index in [9.17, 15) is 5.16 Å². The standard InChI is InChI=1S/C38H35N3O6P3/c1-32(40-48(42-33-20-8-2-9-21-33)43-34-22-10-3-11-23-34)49(44-35-24-12-4-13-25-35,45-36-26-14-5-15-27-36)41-50(39,46-37-28-16-6-17-29-37)47-38-30-18-7-19-31-38/h2-32,39H,1H3/q+1. The molecule has 0 aliphatic heterocycles. The Morgan fingerprint density at radius 1 is 0.440 bits per heavy atom. The van der Waals surface area contributed by atoms with Crippen LogP contribution in [-0.4, -0.2) is 5.78 Å². The van der Waals surface area contributed by atoms with Gasteiger partial charge in [-0.2, -0.15) is 0 Å². The van der Waals surface area contributed by atoms with Gasteiger partial charge in [0.2, 0.25) is 5.78 Å². The lowest BCUT2D eigenvalue weighted by molar-refractivity contribution is 0.447. The van der Waals surface area contributed by atoms with Crippen LogP contribution in [0.5, 0.6) is 34.5 Å². The first-order valence-electron chi connectivity index (χ1n) is 15.7. The molecule has 6 aromatic rings. The van der Waals surface area contributed by atoms with Crippen molar-refractivity contribution in [2.45, 2.75) is 12.7 Å². The van der Waals surface area contributed by atoms with E-state index in [2.05, 4.69) is 0 Å². The molecule has 1 atom stereocenters. The number of benzene rings is 6. The number of hydrogen-bond acceptors (Lipinski definition) is 8. The predicted molar refractivity (Wildman–Crippen MR) is 200 cm³/mol. The summed E-state index contributed by atoms with van der Waals surface area (Å²) in [6.45, 7) is 1.82. The van der Waals surface area contributed by atoms with Gasteiger partial charge in [-0.15, -0.1) is 4.52 Å². The van der Waals surface area contributed by atoms with Gasteiger partial charge in [0.1, 0.15) is 23.0 Å². The van der Waals surface area contributed by atoms with E-state index in [-0.39, 0.29) is 0 Å². The van der Waals surface area contributed by atoms with Crippen LogP contribution in [0.25, 0.3) is 0 Å². The topological polar surface area (TPSA) is 104 Å². The lowest BCUT2D eigenvalue weighted by Crippen LogP contribution is -2.14. The summed E-state index contributed by atoms with van der Waals surface area (Å²) in [5.74, 6) is 2.00. The minimum atomic E-state index is -4.00. The molecule has 6 aromatic carbocycles. The maximum atomic E-state index is 9.79. The molecule has 252 valence electrons. The molecule has 0 amide bonds. The highest BCUT2D eigenvalue weighted by Crippen LogP contribution is 2.66. The summed E-state index contributed by atoms with van der Waals surface area (Å²) in [6.07, 6.45) is 0. The Morgan fingerprint density at radius 2 is 0.720 bits per heavy atom. The Morgan fingerprint density at radius 3 is 1.04 bits per heavy atom. The van der Waals surface area contributed by atoms with Crippen molar-refractivity contribution in [3.05, 3.63) is 182 Å². The van der Waals surface area contributed by atoms with Crippen LogP contribution in [0.1, 0.15) is 6.92 Å². The summed E-state index contributed by atoms with van der Waals surface area (Å²) in [7, 11) is -9.76. The second kappa shape index (κ2) is 16.9. The van der Waals surface area contributed by atoms with Gasteiger partial charge in [0.25, 0.3) is 0 Å². The highest BCUT2D eigenvalue weighted by molar-refractivity contribution is 7.68. The average molecular weight is 723 g/mol. The van der Waals surface area contributed by atoms with Gasteiger partial charge in [0.05, 0.1) is 0 Å². The van der Waals surface area contributed by atoms with Gasteiger partial charge in [0.15, 0.2) is 11.5 Å². The minimum absolute atomic E-state index is 0.403. The summed E-state index contributed by atoms with van der Waals surface area (Å²) in [4.78, 5) is 0. The van der Waals surface area contributed by atoms with Crippen LogP contribution in [0, 0.1) is 5.16 Å².